The lowest BCUT2D eigenvalue weighted by Crippen LogP contribution is -2.35. The molecule has 0 aromatic heterocycles. The summed E-state index contributed by atoms with van der Waals surface area (Å²) < 4.78 is 38.9. The number of benzene rings is 1. The lowest BCUT2D eigenvalue weighted by Gasteiger charge is -2.11. The van der Waals surface area contributed by atoms with Crippen LogP contribution in [-0.2, 0) is 11.3 Å². The maximum absolute atomic E-state index is 13.3. The summed E-state index contributed by atoms with van der Waals surface area (Å²) in [6, 6.07) is 1.39. The Kier molecular flexibility index (Phi) is 3.86. The molecule has 1 fully saturated rings. The van der Waals surface area contributed by atoms with Gasteiger partial charge in [0.25, 0.3) is 0 Å². The van der Waals surface area contributed by atoms with Crippen LogP contribution in [0.15, 0.2) is 12.1 Å². The minimum absolute atomic E-state index is 0.000747. The lowest BCUT2D eigenvalue weighted by molar-refractivity contribution is -0.119. The number of nitrogens with one attached hydrogen (secondary N) is 2. The molecular formula is C12H13F3N2O. The van der Waals surface area contributed by atoms with E-state index in [1.54, 1.807) is 0 Å². The summed E-state index contributed by atoms with van der Waals surface area (Å²) in [5.41, 5.74) is 0.0678. The molecule has 1 aliphatic rings. The smallest absolute Gasteiger partial charge is 0.220 e. The normalized spacial score (nSPS) is 19.1. The highest BCUT2D eigenvalue weighted by atomic mass is 19.2. The standard InChI is InChI=1S/C12H13F3N2O/c13-9-4-11(15)10(14)3-7(9)5-16-6-8-1-2-12(18)17-8/h3-4,8,16H,1-2,5-6H2,(H,17,18). The molecule has 6 heteroatoms. The minimum Gasteiger partial charge on any atom is -0.352 e. The highest BCUT2D eigenvalue weighted by molar-refractivity contribution is 5.78. The SMILES string of the molecule is O=C1CCC(CNCc2cc(F)c(F)cc2F)N1. The number of amides is 1. The molecule has 0 saturated carbocycles. The number of halogens is 3. The van der Waals surface area contributed by atoms with Gasteiger partial charge in [-0.2, -0.15) is 0 Å². The second-order valence-electron chi connectivity index (χ2n) is 4.29. The summed E-state index contributed by atoms with van der Waals surface area (Å²) in [4.78, 5) is 10.9. The maximum Gasteiger partial charge on any atom is 0.220 e. The Morgan fingerprint density at radius 1 is 1.22 bits per heavy atom. The molecule has 1 unspecified atom stereocenters. The zero-order chi connectivity index (χ0) is 13.1. The topological polar surface area (TPSA) is 41.1 Å². The van der Waals surface area contributed by atoms with Crippen molar-refractivity contribution in [3.05, 3.63) is 35.1 Å². The molecule has 98 valence electrons. The van der Waals surface area contributed by atoms with E-state index >= 15 is 0 Å². The molecule has 1 saturated heterocycles. The Balaban J connectivity index is 1.86. The van der Waals surface area contributed by atoms with E-state index in [4.69, 9.17) is 0 Å². The van der Waals surface area contributed by atoms with Gasteiger partial charge in [-0.05, 0) is 12.5 Å². The van der Waals surface area contributed by atoms with Gasteiger partial charge in [0.15, 0.2) is 11.6 Å². The number of carbonyl (C=O) groups is 1. The Morgan fingerprint density at radius 2 is 1.94 bits per heavy atom. The van der Waals surface area contributed by atoms with Crippen molar-refractivity contribution in [2.45, 2.75) is 25.4 Å². The van der Waals surface area contributed by atoms with E-state index in [9.17, 15) is 18.0 Å². The monoisotopic (exact) mass is 258 g/mol. The van der Waals surface area contributed by atoms with Crippen molar-refractivity contribution in [1.82, 2.24) is 10.6 Å². The zero-order valence-corrected chi connectivity index (χ0v) is 9.60. The Morgan fingerprint density at radius 3 is 2.61 bits per heavy atom. The molecule has 18 heavy (non-hydrogen) atoms. The van der Waals surface area contributed by atoms with E-state index < -0.39 is 17.5 Å². The summed E-state index contributed by atoms with van der Waals surface area (Å²) in [7, 11) is 0. The molecule has 1 aromatic carbocycles. The zero-order valence-electron chi connectivity index (χ0n) is 9.60. The van der Waals surface area contributed by atoms with E-state index in [-0.39, 0.29) is 24.1 Å². The lowest BCUT2D eigenvalue weighted by atomic mass is 10.2. The van der Waals surface area contributed by atoms with Crippen LogP contribution in [0.4, 0.5) is 13.2 Å². The molecule has 1 heterocycles. The van der Waals surface area contributed by atoms with Gasteiger partial charge in [0.1, 0.15) is 5.82 Å². The van der Waals surface area contributed by atoms with Gasteiger partial charge in [0, 0.05) is 37.2 Å². The minimum atomic E-state index is -1.20. The van der Waals surface area contributed by atoms with Crippen molar-refractivity contribution in [1.29, 1.82) is 0 Å². The van der Waals surface area contributed by atoms with Crippen LogP contribution in [0.5, 0.6) is 0 Å². The first-order valence-electron chi connectivity index (χ1n) is 5.70. The molecule has 0 spiro atoms. The first kappa shape index (κ1) is 12.9. The van der Waals surface area contributed by atoms with E-state index in [2.05, 4.69) is 10.6 Å². The summed E-state index contributed by atoms with van der Waals surface area (Å²) in [5.74, 6) is -3.04. The maximum atomic E-state index is 13.3. The number of carbonyl (C=O) groups excluding carboxylic acids is 1. The van der Waals surface area contributed by atoms with Gasteiger partial charge in [-0.25, -0.2) is 13.2 Å². The van der Waals surface area contributed by atoms with Crippen molar-refractivity contribution in [2.75, 3.05) is 6.54 Å². The molecule has 2 N–H and O–H groups in total. The van der Waals surface area contributed by atoms with Crippen LogP contribution in [0.1, 0.15) is 18.4 Å². The molecule has 1 amide bonds. The third kappa shape index (κ3) is 3.01. The van der Waals surface area contributed by atoms with Crippen molar-refractivity contribution in [2.24, 2.45) is 0 Å². The average molecular weight is 258 g/mol. The van der Waals surface area contributed by atoms with Gasteiger partial charge in [0.05, 0.1) is 0 Å². The molecule has 0 aliphatic carbocycles. The first-order valence-corrected chi connectivity index (χ1v) is 5.70. The predicted octanol–water partition coefficient (Wildman–Crippen LogP) is 1.47. The Hall–Kier alpha value is -1.56. The summed E-state index contributed by atoms with van der Waals surface area (Å²) >= 11 is 0. The highest BCUT2D eigenvalue weighted by Gasteiger charge is 2.20. The fourth-order valence-corrected chi connectivity index (χ4v) is 1.91. The van der Waals surface area contributed by atoms with Crippen LogP contribution in [0.2, 0.25) is 0 Å². The van der Waals surface area contributed by atoms with Gasteiger partial charge < -0.3 is 10.6 Å². The highest BCUT2D eigenvalue weighted by Crippen LogP contribution is 2.13. The van der Waals surface area contributed by atoms with Crippen LogP contribution in [0, 0.1) is 17.5 Å². The summed E-state index contributed by atoms with van der Waals surface area (Å²) in [5, 5.41) is 5.65. The fourth-order valence-electron chi connectivity index (χ4n) is 1.91. The predicted molar refractivity (Wildman–Crippen MR) is 59.2 cm³/mol. The molecule has 1 aliphatic heterocycles. The van der Waals surface area contributed by atoms with Gasteiger partial charge >= 0.3 is 0 Å². The number of hydrogen-bond donors (Lipinski definition) is 2. The number of rotatable bonds is 4. The molecule has 0 bridgehead atoms. The van der Waals surface area contributed by atoms with E-state index in [1.165, 1.54) is 0 Å². The first-order chi connectivity index (χ1) is 8.56. The molecule has 0 radical (unpaired) electrons. The van der Waals surface area contributed by atoms with Gasteiger partial charge in [0.2, 0.25) is 5.91 Å². The fraction of sp³-hybridized carbons (Fsp3) is 0.417. The third-order valence-electron chi connectivity index (χ3n) is 2.88. The van der Waals surface area contributed by atoms with Crippen LogP contribution in [0.25, 0.3) is 0 Å². The second kappa shape index (κ2) is 5.39. The third-order valence-corrected chi connectivity index (χ3v) is 2.88. The van der Waals surface area contributed by atoms with E-state index in [0.717, 1.165) is 12.5 Å². The van der Waals surface area contributed by atoms with Crippen molar-refractivity contribution in [3.63, 3.8) is 0 Å². The summed E-state index contributed by atoms with van der Waals surface area (Å²) in [6.45, 7) is 0.569. The van der Waals surface area contributed by atoms with Crippen LogP contribution < -0.4 is 10.6 Å². The van der Waals surface area contributed by atoms with Crippen LogP contribution in [0.3, 0.4) is 0 Å². The molecule has 3 nitrogen and oxygen atoms in total. The van der Waals surface area contributed by atoms with Crippen molar-refractivity contribution in [3.8, 4) is 0 Å². The quantitative estimate of drug-likeness (QED) is 0.803. The van der Waals surface area contributed by atoms with Crippen molar-refractivity contribution >= 4 is 5.91 Å². The van der Waals surface area contributed by atoms with Crippen LogP contribution in [-0.4, -0.2) is 18.5 Å². The second-order valence-corrected chi connectivity index (χ2v) is 4.29. The Labute approximate surface area is 102 Å². The van der Waals surface area contributed by atoms with Crippen molar-refractivity contribution < 1.29 is 18.0 Å². The van der Waals surface area contributed by atoms with Gasteiger partial charge in [-0.15, -0.1) is 0 Å². The largest absolute Gasteiger partial charge is 0.352 e. The molecular weight excluding hydrogens is 245 g/mol. The Bertz CT molecular complexity index is 465. The van der Waals surface area contributed by atoms with Gasteiger partial charge in [-0.1, -0.05) is 0 Å². The molecule has 2 rings (SSSR count). The van der Waals surface area contributed by atoms with E-state index in [1.807, 2.05) is 0 Å². The van der Waals surface area contributed by atoms with Gasteiger partial charge in [-0.3, -0.25) is 4.79 Å². The average Bonchev–Trinajstić information content (AvgIpc) is 2.71. The molecule has 1 atom stereocenters. The van der Waals surface area contributed by atoms with Crippen LogP contribution >= 0.6 is 0 Å². The summed E-state index contributed by atoms with van der Waals surface area (Å²) in [6.07, 6.45) is 1.22. The van der Waals surface area contributed by atoms with E-state index in [0.29, 0.717) is 19.0 Å². The molecule has 1 aromatic rings. The number of hydrogen-bond acceptors (Lipinski definition) is 2.